The number of hydrogen-bond acceptors (Lipinski definition) is 7. The molecule has 2 heterocycles. The molecule has 1 atom stereocenters. The van der Waals surface area contributed by atoms with Crippen LogP contribution < -0.4 is 5.32 Å². The fourth-order valence-corrected chi connectivity index (χ4v) is 3.65. The number of fused-ring (bicyclic) bond motifs is 1. The van der Waals surface area contributed by atoms with Crippen LogP contribution >= 0.6 is 0 Å². The van der Waals surface area contributed by atoms with Gasteiger partial charge in [0.2, 0.25) is 0 Å². The highest BCUT2D eigenvalue weighted by atomic mass is 16.6. The maximum absolute atomic E-state index is 12.7. The molecule has 3 rings (SSSR count). The molecule has 3 aromatic rings. The summed E-state index contributed by atoms with van der Waals surface area (Å²) < 4.78 is 16.9. The summed E-state index contributed by atoms with van der Waals surface area (Å²) >= 11 is 0. The molecule has 0 radical (unpaired) electrons. The molecule has 0 unspecified atom stereocenters. The standard InChI is InChI=1S/C26H29N3O6/c1-26(2,3)35-25(32)28-19(24(31)34-5)16-18-17-10-6-7-11-20(17)29(22-12-8-9-15-27-22)21(18)13-14-23(30)33-4/h6-15,19H,16H2,1-5H3,(H,28,32)/b14-13+/t19-/m0/s1. The SMILES string of the molecule is COC(=O)/C=C/c1c(C[C@H](NC(=O)OC(C)(C)C)C(=O)OC)c2ccccc2n1-c1ccccn1. The van der Waals surface area contributed by atoms with Gasteiger partial charge in [0.25, 0.3) is 0 Å². The Hall–Kier alpha value is -4.14. The first-order valence-electron chi connectivity index (χ1n) is 11.0. The van der Waals surface area contributed by atoms with Crippen LogP contribution in [0.1, 0.15) is 32.0 Å². The largest absolute Gasteiger partial charge is 0.467 e. The smallest absolute Gasteiger partial charge is 0.408 e. The number of rotatable bonds is 7. The lowest BCUT2D eigenvalue weighted by molar-refractivity contribution is -0.143. The second-order valence-corrected chi connectivity index (χ2v) is 8.69. The lowest BCUT2D eigenvalue weighted by Gasteiger charge is -2.22. The van der Waals surface area contributed by atoms with E-state index in [-0.39, 0.29) is 6.42 Å². The summed E-state index contributed by atoms with van der Waals surface area (Å²) in [6.07, 6.45) is 3.91. The molecular weight excluding hydrogens is 450 g/mol. The zero-order valence-electron chi connectivity index (χ0n) is 20.4. The number of para-hydroxylation sites is 1. The number of esters is 2. The van der Waals surface area contributed by atoms with Gasteiger partial charge in [0.1, 0.15) is 17.5 Å². The first kappa shape index (κ1) is 25.5. The number of amides is 1. The zero-order valence-corrected chi connectivity index (χ0v) is 20.4. The predicted octanol–water partition coefficient (Wildman–Crippen LogP) is 3.82. The van der Waals surface area contributed by atoms with Crippen LogP contribution in [-0.4, -0.2) is 53.4 Å². The first-order chi connectivity index (χ1) is 16.6. The van der Waals surface area contributed by atoms with Gasteiger partial charge in [-0.25, -0.2) is 19.4 Å². The number of methoxy groups -OCH3 is 2. The number of ether oxygens (including phenoxy) is 3. The Morgan fingerprint density at radius 1 is 1.06 bits per heavy atom. The third-order valence-corrected chi connectivity index (χ3v) is 5.06. The normalized spacial score (nSPS) is 12.4. The van der Waals surface area contributed by atoms with Gasteiger partial charge in [-0.05, 0) is 50.6 Å². The average Bonchev–Trinajstić information content (AvgIpc) is 3.14. The van der Waals surface area contributed by atoms with E-state index in [1.807, 2.05) is 41.0 Å². The number of aromatic nitrogens is 2. The molecule has 184 valence electrons. The molecule has 1 amide bonds. The van der Waals surface area contributed by atoms with Crippen molar-refractivity contribution in [1.82, 2.24) is 14.9 Å². The Bertz CT molecular complexity index is 1240. The van der Waals surface area contributed by atoms with Crippen molar-refractivity contribution in [2.24, 2.45) is 0 Å². The van der Waals surface area contributed by atoms with Gasteiger partial charge < -0.3 is 19.5 Å². The summed E-state index contributed by atoms with van der Waals surface area (Å²) in [5.74, 6) is -0.548. The molecule has 0 spiro atoms. The van der Waals surface area contributed by atoms with Gasteiger partial charge in [0.05, 0.1) is 25.4 Å². The van der Waals surface area contributed by atoms with Crippen molar-refractivity contribution >= 4 is 35.0 Å². The molecule has 0 aliphatic heterocycles. The summed E-state index contributed by atoms with van der Waals surface area (Å²) in [7, 11) is 2.54. The molecular formula is C26H29N3O6. The minimum atomic E-state index is -1.04. The number of carbonyl (C=O) groups excluding carboxylic acids is 3. The van der Waals surface area contributed by atoms with Gasteiger partial charge in [0.15, 0.2) is 0 Å². The molecule has 1 aromatic carbocycles. The molecule has 0 bridgehead atoms. The van der Waals surface area contributed by atoms with Crippen LogP contribution in [0.5, 0.6) is 0 Å². The quantitative estimate of drug-likeness (QED) is 0.312. The highest BCUT2D eigenvalue weighted by Crippen LogP contribution is 2.31. The molecule has 9 nitrogen and oxygen atoms in total. The fraction of sp³-hybridized carbons (Fsp3) is 0.308. The minimum absolute atomic E-state index is 0.0765. The summed E-state index contributed by atoms with van der Waals surface area (Å²) in [5, 5.41) is 3.44. The monoisotopic (exact) mass is 479 g/mol. The maximum Gasteiger partial charge on any atom is 0.408 e. The van der Waals surface area contributed by atoms with Crippen LogP contribution in [0.25, 0.3) is 22.8 Å². The van der Waals surface area contributed by atoms with Gasteiger partial charge in [0, 0.05) is 24.1 Å². The van der Waals surface area contributed by atoms with Gasteiger partial charge >= 0.3 is 18.0 Å². The first-order valence-corrected chi connectivity index (χ1v) is 11.0. The maximum atomic E-state index is 12.7. The molecule has 0 aliphatic carbocycles. The molecule has 0 saturated carbocycles. The number of hydrogen-bond donors (Lipinski definition) is 1. The van der Waals surface area contributed by atoms with Crippen molar-refractivity contribution in [3.05, 3.63) is 66.0 Å². The van der Waals surface area contributed by atoms with E-state index in [9.17, 15) is 14.4 Å². The van der Waals surface area contributed by atoms with Crippen molar-refractivity contribution in [2.75, 3.05) is 14.2 Å². The molecule has 0 aliphatic rings. The number of carbonyl (C=O) groups is 3. The van der Waals surface area contributed by atoms with Gasteiger partial charge in [-0.15, -0.1) is 0 Å². The summed E-state index contributed by atoms with van der Waals surface area (Å²) in [6, 6.07) is 12.0. The Labute approximate surface area is 203 Å². The Balaban J connectivity index is 2.17. The van der Waals surface area contributed by atoms with Crippen LogP contribution in [-0.2, 0) is 30.2 Å². The average molecular weight is 480 g/mol. The number of pyridine rings is 1. The van der Waals surface area contributed by atoms with E-state index in [1.165, 1.54) is 20.3 Å². The molecule has 0 fully saturated rings. The summed E-state index contributed by atoms with van der Waals surface area (Å²) in [6.45, 7) is 5.20. The third-order valence-electron chi connectivity index (χ3n) is 5.06. The number of nitrogens with one attached hydrogen (secondary N) is 1. The van der Waals surface area contributed by atoms with E-state index in [0.29, 0.717) is 17.1 Å². The van der Waals surface area contributed by atoms with E-state index in [2.05, 4.69) is 10.3 Å². The lowest BCUT2D eigenvalue weighted by atomic mass is 10.0. The molecule has 35 heavy (non-hydrogen) atoms. The van der Waals surface area contributed by atoms with Crippen LogP contribution in [0, 0.1) is 0 Å². The van der Waals surface area contributed by atoms with Gasteiger partial charge in [-0.2, -0.15) is 0 Å². The van der Waals surface area contributed by atoms with E-state index in [1.54, 1.807) is 39.1 Å². The van der Waals surface area contributed by atoms with Gasteiger partial charge in [-0.3, -0.25) is 4.57 Å². The Morgan fingerprint density at radius 3 is 2.40 bits per heavy atom. The Kier molecular flexibility index (Phi) is 7.91. The van der Waals surface area contributed by atoms with E-state index in [0.717, 1.165) is 10.9 Å². The van der Waals surface area contributed by atoms with Crippen LogP contribution in [0.2, 0.25) is 0 Å². The number of nitrogens with zero attached hydrogens (tertiary/aromatic N) is 2. The van der Waals surface area contributed by atoms with Crippen molar-refractivity contribution in [2.45, 2.75) is 38.8 Å². The number of benzene rings is 1. The van der Waals surface area contributed by atoms with Crippen LogP contribution in [0.15, 0.2) is 54.7 Å². The van der Waals surface area contributed by atoms with E-state index < -0.39 is 29.7 Å². The van der Waals surface area contributed by atoms with E-state index >= 15 is 0 Å². The van der Waals surface area contributed by atoms with Crippen LogP contribution in [0.3, 0.4) is 0 Å². The molecule has 1 N–H and O–H groups in total. The summed E-state index contributed by atoms with van der Waals surface area (Å²) in [4.78, 5) is 41.5. The Morgan fingerprint density at radius 2 is 1.77 bits per heavy atom. The molecule has 0 saturated heterocycles. The fourth-order valence-electron chi connectivity index (χ4n) is 3.65. The topological polar surface area (TPSA) is 109 Å². The van der Waals surface area contributed by atoms with Crippen LogP contribution in [0.4, 0.5) is 4.79 Å². The molecule has 2 aromatic heterocycles. The third kappa shape index (κ3) is 6.26. The van der Waals surface area contributed by atoms with E-state index in [4.69, 9.17) is 14.2 Å². The minimum Gasteiger partial charge on any atom is -0.467 e. The lowest BCUT2D eigenvalue weighted by Crippen LogP contribution is -2.45. The van der Waals surface area contributed by atoms with Crippen molar-refractivity contribution in [3.63, 3.8) is 0 Å². The molecule has 9 heteroatoms. The summed E-state index contributed by atoms with van der Waals surface area (Å²) in [5.41, 5.74) is 1.38. The highest BCUT2D eigenvalue weighted by molar-refractivity contribution is 5.94. The number of alkyl carbamates (subject to hydrolysis) is 1. The van der Waals surface area contributed by atoms with Crippen molar-refractivity contribution in [3.8, 4) is 5.82 Å². The second-order valence-electron chi connectivity index (χ2n) is 8.69. The van der Waals surface area contributed by atoms with Crippen molar-refractivity contribution in [1.29, 1.82) is 0 Å². The second kappa shape index (κ2) is 10.9. The van der Waals surface area contributed by atoms with Gasteiger partial charge in [-0.1, -0.05) is 24.3 Å². The van der Waals surface area contributed by atoms with Crippen molar-refractivity contribution < 1.29 is 28.6 Å². The predicted molar refractivity (Wildman–Crippen MR) is 131 cm³/mol. The highest BCUT2D eigenvalue weighted by Gasteiger charge is 2.28. The zero-order chi connectivity index (χ0) is 25.6.